The Kier molecular flexibility index (Phi) is 7.89. The summed E-state index contributed by atoms with van der Waals surface area (Å²) >= 11 is 1.48. The molecule has 0 atom stereocenters. The lowest BCUT2D eigenvalue weighted by molar-refractivity contribution is 0.0468. The number of esters is 1. The molecule has 0 aliphatic carbocycles. The van der Waals surface area contributed by atoms with Crippen LogP contribution < -0.4 is 14.2 Å². The van der Waals surface area contributed by atoms with Gasteiger partial charge in [-0.3, -0.25) is 0 Å². The molecule has 0 bridgehead atoms. The summed E-state index contributed by atoms with van der Waals surface area (Å²) in [7, 11) is 3.18. The minimum absolute atomic E-state index is 0.0828. The standard InChI is InChI=1S/C24H27NO5S/c1-16(2)11-12-29-21-10-9-17(13-22(21)28-4)24(26)30-14-18-15-31-23(25-18)19-7-5-6-8-20(19)27-3/h5-10,13,15-16H,11-12,14H2,1-4H3. The van der Waals surface area contributed by atoms with Gasteiger partial charge in [-0.1, -0.05) is 26.0 Å². The monoisotopic (exact) mass is 441 g/mol. The van der Waals surface area contributed by atoms with Crippen LogP contribution >= 0.6 is 11.3 Å². The van der Waals surface area contributed by atoms with Crippen molar-refractivity contribution < 1.29 is 23.7 Å². The van der Waals surface area contributed by atoms with Crippen molar-refractivity contribution in [1.29, 1.82) is 0 Å². The van der Waals surface area contributed by atoms with E-state index in [4.69, 9.17) is 18.9 Å². The molecule has 3 aromatic rings. The summed E-state index contributed by atoms with van der Waals surface area (Å²) in [5.74, 6) is 1.97. The van der Waals surface area contributed by atoms with Gasteiger partial charge in [0.15, 0.2) is 11.5 Å². The minimum Gasteiger partial charge on any atom is -0.496 e. The van der Waals surface area contributed by atoms with Crippen molar-refractivity contribution >= 4 is 17.3 Å². The molecule has 0 fully saturated rings. The molecule has 0 saturated carbocycles. The van der Waals surface area contributed by atoms with E-state index in [1.54, 1.807) is 32.4 Å². The fourth-order valence-electron chi connectivity index (χ4n) is 2.86. The number of methoxy groups -OCH3 is 2. The predicted octanol–water partition coefficient (Wildman–Crippen LogP) is 5.61. The lowest BCUT2D eigenvalue weighted by Crippen LogP contribution is -2.07. The third-order valence-electron chi connectivity index (χ3n) is 4.59. The third-order valence-corrected chi connectivity index (χ3v) is 5.52. The van der Waals surface area contributed by atoms with Crippen LogP contribution in [-0.4, -0.2) is 31.8 Å². The van der Waals surface area contributed by atoms with Crippen LogP contribution in [0.1, 0.15) is 36.3 Å². The van der Waals surface area contributed by atoms with E-state index in [1.165, 1.54) is 11.3 Å². The molecule has 0 radical (unpaired) electrons. The quantitative estimate of drug-likeness (QED) is 0.381. The van der Waals surface area contributed by atoms with Crippen LogP contribution in [0.15, 0.2) is 47.8 Å². The normalized spacial score (nSPS) is 10.7. The van der Waals surface area contributed by atoms with E-state index >= 15 is 0 Å². The van der Waals surface area contributed by atoms with Crippen molar-refractivity contribution in [2.45, 2.75) is 26.9 Å². The van der Waals surface area contributed by atoms with Crippen molar-refractivity contribution in [3.63, 3.8) is 0 Å². The second kappa shape index (κ2) is 10.8. The van der Waals surface area contributed by atoms with Crippen LogP contribution in [0.3, 0.4) is 0 Å². The van der Waals surface area contributed by atoms with Gasteiger partial charge < -0.3 is 18.9 Å². The number of hydrogen-bond acceptors (Lipinski definition) is 7. The van der Waals surface area contributed by atoms with Crippen LogP contribution in [0.5, 0.6) is 17.2 Å². The summed E-state index contributed by atoms with van der Waals surface area (Å²) in [6.07, 6.45) is 0.942. The Bertz CT molecular complexity index is 1010. The smallest absolute Gasteiger partial charge is 0.338 e. The molecule has 3 rings (SSSR count). The molecule has 0 amide bonds. The van der Waals surface area contributed by atoms with Crippen molar-refractivity contribution in [1.82, 2.24) is 4.98 Å². The van der Waals surface area contributed by atoms with Crippen LogP contribution in [0.25, 0.3) is 10.6 Å². The van der Waals surface area contributed by atoms with E-state index in [2.05, 4.69) is 18.8 Å². The van der Waals surface area contributed by atoms with Crippen molar-refractivity contribution in [3.05, 3.63) is 59.1 Å². The van der Waals surface area contributed by atoms with Gasteiger partial charge in [0.1, 0.15) is 17.4 Å². The Morgan fingerprint density at radius 1 is 1.03 bits per heavy atom. The largest absolute Gasteiger partial charge is 0.496 e. The molecule has 0 aliphatic heterocycles. The van der Waals surface area contributed by atoms with Gasteiger partial charge in [0.25, 0.3) is 0 Å². The molecule has 0 unspecified atom stereocenters. The minimum atomic E-state index is -0.445. The topological polar surface area (TPSA) is 66.9 Å². The highest BCUT2D eigenvalue weighted by atomic mass is 32.1. The van der Waals surface area contributed by atoms with E-state index in [9.17, 15) is 4.79 Å². The Morgan fingerprint density at radius 3 is 2.55 bits per heavy atom. The number of nitrogens with zero attached hydrogens (tertiary/aromatic N) is 1. The molecule has 0 aliphatic rings. The summed E-state index contributed by atoms with van der Waals surface area (Å²) in [5, 5.41) is 2.69. The number of carbonyl (C=O) groups excluding carboxylic acids is 1. The summed E-state index contributed by atoms with van der Waals surface area (Å²) < 4.78 is 22.0. The maximum Gasteiger partial charge on any atom is 0.338 e. The van der Waals surface area contributed by atoms with Gasteiger partial charge in [-0.25, -0.2) is 9.78 Å². The number of para-hydroxylation sites is 1. The summed E-state index contributed by atoms with van der Waals surface area (Å²) in [4.78, 5) is 17.1. The van der Waals surface area contributed by atoms with Crippen molar-refractivity contribution in [2.75, 3.05) is 20.8 Å². The first-order valence-electron chi connectivity index (χ1n) is 10.1. The first kappa shape index (κ1) is 22.6. The molecule has 0 spiro atoms. The molecule has 31 heavy (non-hydrogen) atoms. The number of hydrogen-bond donors (Lipinski definition) is 0. The number of carbonyl (C=O) groups is 1. The number of rotatable bonds is 10. The summed E-state index contributed by atoms with van der Waals surface area (Å²) in [6.45, 7) is 4.96. The van der Waals surface area contributed by atoms with Crippen molar-refractivity contribution in [3.8, 4) is 27.8 Å². The van der Waals surface area contributed by atoms with Gasteiger partial charge in [0.05, 0.1) is 37.6 Å². The number of aromatic nitrogens is 1. The van der Waals surface area contributed by atoms with Gasteiger partial charge in [0, 0.05) is 5.38 Å². The van der Waals surface area contributed by atoms with Gasteiger partial charge in [0.2, 0.25) is 0 Å². The Labute approximate surface area is 186 Å². The molecule has 2 aromatic carbocycles. The highest BCUT2D eigenvalue weighted by molar-refractivity contribution is 7.13. The highest BCUT2D eigenvalue weighted by Crippen LogP contribution is 2.32. The highest BCUT2D eigenvalue weighted by Gasteiger charge is 2.15. The second-order valence-corrected chi connectivity index (χ2v) is 8.18. The Balaban J connectivity index is 1.62. The zero-order chi connectivity index (χ0) is 22.2. The molecular weight excluding hydrogens is 414 g/mol. The van der Waals surface area contributed by atoms with Gasteiger partial charge in [-0.2, -0.15) is 0 Å². The molecule has 6 nitrogen and oxygen atoms in total. The molecule has 1 heterocycles. The first-order valence-corrected chi connectivity index (χ1v) is 11.0. The summed E-state index contributed by atoms with van der Waals surface area (Å²) in [5.41, 5.74) is 1.98. The number of benzene rings is 2. The molecular formula is C24H27NO5S. The summed E-state index contributed by atoms with van der Waals surface area (Å²) in [6, 6.07) is 12.7. The fourth-order valence-corrected chi connectivity index (χ4v) is 3.69. The van der Waals surface area contributed by atoms with E-state index in [0.717, 1.165) is 22.7 Å². The van der Waals surface area contributed by atoms with Gasteiger partial charge in [-0.05, 0) is 42.7 Å². The zero-order valence-electron chi connectivity index (χ0n) is 18.2. The Hall–Kier alpha value is -3.06. The second-order valence-electron chi connectivity index (χ2n) is 7.32. The predicted molar refractivity (Wildman–Crippen MR) is 121 cm³/mol. The lowest BCUT2D eigenvalue weighted by atomic mass is 10.1. The van der Waals surface area contributed by atoms with Gasteiger partial charge >= 0.3 is 5.97 Å². The Morgan fingerprint density at radius 2 is 1.81 bits per heavy atom. The maximum atomic E-state index is 12.5. The average Bonchev–Trinajstić information content (AvgIpc) is 3.26. The fraction of sp³-hybridized carbons (Fsp3) is 0.333. The number of thiazole rings is 1. The van der Waals surface area contributed by atoms with Gasteiger partial charge in [-0.15, -0.1) is 11.3 Å². The van der Waals surface area contributed by atoms with E-state index in [-0.39, 0.29) is 6.61 Å². The molecule has 0 N–H and O–H groups in total. The molecule has 1 aromatic heterocycles. The lowest BCUT2D eigenvalue weighted by Gasteiger charge is -2.13. The first-order chi connectivity index (χ1) is 15.0. The average molecular weight is 442 g/mol. The van der Waals surface area contributed by atoms with E-state index in [1.807, 2.05) is 29.6 Å². The van der Waals surface area contributed by atoms with E-state index in [0.29, 0.717) is 35.3 Å². The molecule has 0 saturated heterocycles. The van der Waals surface area contributed by atoms with Crippen LogP contribution in [-0.2, 0) is 11.3 Å². The number of ether oxygens (including phenoxy) is 4. The third kappa shape index (κ3) is 5.98. The SMILES string of the molecule is COc1cc(C(=O)OCc2csc(-c3ccccc3OC)n2)ccc1OCCC(C)C. The van der Waals surface area contributed by atoms with Crippen LogP contribution in [0.4, 0.5) is 0 Å². The molecule has 7 heteroatoms. The molecule has 164 valence electrons. The van der Waals surface area contributed by atoms with Crippen LogP contribution in [0, 0.1) is 5.92 Å². The van der Waals surface area contributed by atoms with Crippen molar-refractivity contribution in [2.24, 2.45) is 5.92 Å². The maximum absolute atomic E-state index is 12.5. The van der Waals surface area contributed by atoms with Crippen LogP contribution in [0.2, 0.25) is 0 Å². The van der Waals surface area contributed by atoms with E-state index < -0.39 is 5.97 Å². The zero-order valence-corrected chi connectivity index (χ0v) is 19.0.